The second-order valence-corrected chi connectivity index (χ2v) is 8.10. The summed E-state index contributed by atoms with van der Waals surface area (Å²) in [7, 11) is 1.54. The van der Waals surface area contributed by atoms with Crippen molar-refractivity contribution < 1.29 is 19.1 Å². The number of ether oxygens (including phenoxy) is 2. The van der Waals surface area contributed by atoms with Crippen LogP contribution in [0.1, 0.15) is 43.7 Å². The predicted octanol–water partition coefficient (Wildman–Crippen LogP) is 5.21. The number of hydrogen-bond donors (Lipinski definition) is 2. The van der Waals surface area contributed by atoms with Gasteiger partial charge in [-0.15, -0.1) is 0 Å². The molecule has 2 aromatic carbocycles. The summed E-state index contributed by atoms with van der Waals surface area (Å²) >= 11 is 6.27. The largest absolute Gasteiger partial charge is 0.493 e. The molecule has 0 atom stereocenters. The first kappa shape index (κ1) is 23.7. The van der Waals surface area contributed by atoms with E-state index in [1.165, 1.54) is 6.08 Å². The number of amides is 2. The lowest BCUT2D eigenvalue weighted by Gasteiger charge is -2.12. The van der Waals surface area contributed by atoms with E-state index in [-0.39, 0.29) is 17.7 Å². The quantitative estimate of drug-likeness (QED) is 0.508. The van der Waals surface area contributed by atoms with E-state index < -0.39 is 0 Å². The predicted molar refractivity (Wildman–Crippen MR) is 127 cm³/mol. The fraction of sp³-hybridized carbons (Fsp3) is 0.360. The minimum atomic E-state index is -0.241. The Hall–Kier alpha value is -2.99. The zero-order chi connectivity index (χ0) is 22.9. The Morgan fingerprint density at radius 2 is 1.97 bits per heavy atom. The molecule has 2 N–H and O–H groups in total. The molecule has 0 heterocycles. The summed E-state index contributed by atoms with van der Waals surface area (Å²) in [6.45, 7) is 2.69. The second-order valence-electron chi connectivity index (χ2n) is 7.69. The van der Waals surface area contributed by atoms with Crippen molar-refractivity contribution >= 4 is 35.2 Å². The van der Waals surface area contributed by atoms with Crippen LogP contribution in [0.25, 0.3) is 6.08 Å². The summed E-state index contributed by atoms with van der Waals surface area (Å²) in [6, 6.07) is 11.0. The summed E-state index contributed by atoms with van der Waals surface area (Å²) in [4.78, 5) is 24.6. The molecule has 1 saturated carbocycles. The fourth-order valence-corrected chi connectivity index (χ4v) is 4.01. The van der Waals surface area contributed by atoms with Crippen LogP contribution in [0.4, 0.5) is 5.69 Å². The van der Waals surface area contributed by atoms with Gasteiger partial charge in [-0.05, 0) is 61.2 Å². The molecule has 7 heteroatoms. The average Bonchev–Trinajstić information content (AvgIpc) is 3.33. The lowest BCUT2D eigenvalue weighted by molar-refractivity contribution is -0.119. The van der Waals surface area contributed by atoms with Gasteiger partial charge in [0.05, 0.1) is 18.7 Å². The first-order chi connectivity index (χ1) is 15.5. The van der Waals surface area contributed by atoms with E-state index in [4.69, 9.17) is 21.1 Å². The van der Waals surface area contributed by atoms with Gasteiger partial charge in [-0.2, -0.15) is 0 Å². The number of nitrogens with one attached hydrogen (secondary N) is 2. The Labute approximate surface area is 193 Å². The highest BCUT2D eigenvalue weighted by molar-refractivity contribution is 6.32. The summed E-state index contributed by atoms with van der Waals surface area (Å²) in [5.41, 5.74) is 2.38. The zero-order valence-corrected chi connectivity index (χ0v) is 19.2. The van der Waals surface area contributed by atoms with Crippen LogP contribution in [0.2, 0.25) is 5.02 Å². The fourth-order valence-electron chi connectivity index (χ4n) is 3.73. The minimum Gasteiger partial charge on any atom is -0.493 e. The van der Waals surface area contributed by atoms with Crippen molar-refractivity contribution in [3.8, 4) is 11.5 Å². The number of carbonyl (C=O) groups excluding carboxylic acids is 2. The van der Waals surface area contributed by atoms with Gasteiger partial charge in [-0.3, -0.25) is 9.59 Å². The van der Waals surface area contributed by atoms with Crippen LogP contribution >= 0.6 is 11.6 Å². The van der Waals surface area contributed by atoms with Gasteiger partial charge in [-0.1, -0.05) is 36.6 Å². The summed E-state index contributed by atoms with van der Waals surface area (Å²) in [5.74, 6) is 0.942. The van der Waals surface area contributed by atoms with Crippen molar-refractivity contribution in [3.63, 3.8) is 0 Å². The number of benzene rings is 2. The molecule has 1 aliphatic rings. The van der Waals surface area contributed by atoms with E-state index in [0.29, 0.717) is 29.7 Å². The molecule has 1 fully saturated rings. The molecule has 0 spiro atoms. The van der Waals surface area contributed by atoms with Gasteiger partial charge in [0.25, 0.3) is 0 Å². The van der Waals surface area contributed by atoms with Crippen molar-refractivity contribution in [3.05, 3.63) is 58.6 Å². The van der Waals surface area contributed by atoms with Gasteiger partial charge >= 0.3 is 0 Å². The Balaban J connectivity index is 1.56. The Morgan fingerprint density at radius 1 is 1.19 bits per heavy atom. The molecule has 2 amide bonds. The van der Waals surface area contributed by atoms with E-state index in [2.05, 4.69) is 10.6 Å². The molecule has 170 valence electrons. The number of carbonyl (C=O) groups is 2. The molecule has 32 heavy (non-hydrogen) atoms. The number of methoxy groups -OCH3 is 1. The molecular weight excluding hydrogens is 428 g/mol. The van der Waals surface area contributed by atoms with Crippen molar-refractivity contribution in [1.29, 1.82) is 0 Å². The van der Waals surface area contributed by atoms with Crippen molar-refractivity contribution in [2.24, 2.45) is 5.92 Å². The van der Waals surface area contributed by atoms with Crippen LogP contribution < -0.4 is 20.1 Å². The molecule has 2 aromatic rings. The molecule has 0 unspecified atom stereocenters. The van der Waals surface area contributed by atoms with E-state index in [9.17, 15) is 9.59 Å². The van der Waals surface area contributed by atoms with Crippen LogP contribution in [-0.2, 0) is 16.1 Å². The number of rotatable bonds is 9. The zero-order valence-electron chi connectivity index (χ0n) is 18.4. The average molecular weight is 457 g/mol. The Bertz CT molecular complexity index is 984. The molecule has 1 aliphatic carbocycles. The van der Waals surface area contributed by atoms with Gasteiger partial charge in [0, 0.05) is 24.2 Å². The van der Waals surface area contributed by atoms with Gasteiger partial charge in [0.2, 0.25) is 11.8 Å². The topological polar surface area (TPSA) is 76.7 Å². The van der Waals surface area contributed by atoms with Crippen LogP contribution in [0.15, 0.2) is 42.5 Å². The highest BCUT2D eigenvalue weighted by Crippen LogP contribution is 2.36. The van der Waals surface area contributed by atoms with E-state index in [1.54, 1.807) is 25.3 Å². The molecule has 0 radical (unpaired) electrons. The number of halogens is 1. The normalized spacial score (nSPS) is 13.8. The van der Waals surface area contributed by atoms with Crippen LogP contribution in [0.3, 0.4) is 0 Å². The van der Waals surface area contributed by atoms with E-state index in [1.807, 2.05) is 31.2 Å². The first-order valence-corrected chi connectivity index (χ1v) is 11.2. The van der Waals surface area contributed by atoms with Crippen LogP contribution in [-0.4, -0.2) is 25.5 Å². The molecule has 0 aliphatic heterocycles. The standard InChI is InChI=1S/C25H29ClN2O4/c1-3-32-24-21(26)14-17(15-22(24)31-2)11-12-23(29)27-16-18-7-6-10-20(13-18)28-25(30)19-8-4-5-9-19/h6-7,10-15,19H,3-5,8-9,16H2,1-2H3,(H,27,29)(H,28,30)/b12-11+. The maximum Gasteiger partial charge on any atom is 0.244 e. The second kappa shape index (κ2) is 11.6. The molecular formula is C25H29ClN2O4. The molecule has 0 saturated heterocycles. The van der Waals surface area contributed by atoms with Crippen molar-refractivity contribution in [2.45, 2.75) is 39.2 Å². The third kappa shape index (κ3) is 6.50. The van der Waals surface area contributed by atoms with Crippen LogP contribution in [0.5, 0.6) is 11.5 Å². The maximum absolute atomic E-state index is 12.3. The molecule has 6 nitrogen and oxygen atoms in total. The lowest BCUT2D eigenvalue weighted by atomic mass is 10.1. The monoisotopic (exact) mass is 456 g/mol. The highest BCUT2D eigenvalue weighted by atomic mass is 35.5. The number of hydrogen-bond acceptors (Lipinski definition) is 4. The smallest absolute Gasteiger partial charge is 0.244 e. The van der Waals surface area contributed by atoms with Gasteiger partial charge in [0.15, 0.2) is 11.5 Å². The van der Waals surface area contributed by atoms with Gasteiger partial charge in [0.1, 0.15) is 0 Å². The SMILES string of the molecule is CCOc1c(Cl)cc(/C=C/C(=O)NCc2cccc(NC(=O)C3CCCC3)c2)cc1OC. The minimum absolute atomic E-state index is 0.0797. The van der Waals surface area contributed by atoms with Crippen LogP contribution in [0, 0.1) is 5.92 Å². The number of anilines is 1. The Morgan fingerprint density at radius 3 is 2.69 bits per heavy atom. The summed E-state index contributed by atoms with van der Waals surface area (Å²) < 4.78 is 10.8. The maximum atomic E-state index is 12.3. The third-order valence-electron chi connectivity index (χ3n) is 5.35. The van der Waals surface area contributed by atoms with Crippen molar-refractivity contribution in [2.75, 3.05) is 19.0 Å². The molecule has 3 rings (SSSR count). The van der Waals surface area contributed by atoms with Crippen molar-refractivity contribution in [1.82, 2.24) is 5.32 Å². The summed E-state index contributed by atoms with van der Waals surface area (Å²) in [5, 5.41) is 6.26. The summed E-state index contributed by atoms with van der Waals surface area (Å²) in [6.07, 6.45) is 7.26. The molecule has 0 bridgehead atoms. The third-order valence-corrected chi connectivity index (χ3v) is 5.64. The van der Waals surface area contributed by atoms with Gasteiger partial charge < -0.3 is 20.1 Å². The van der Waals surface area contributed by atoms with E-state index >= 15 is 0 Å². The molecule has 0 aromatic heterocycles. The van der Waals surface area contributed by atoms with Gasteiger partial charge in [-0.25, -0.2) is 0 Å². The lowest BCUT2D eigenvalue weighted by Crippen LogP contribution is -2.21. The Kier molecular flexibility index (Phi) is 8.56. The highest BCUT2D eigenvalue weighted by Gasteiger charge is 2.22. The first-order valence-electron chi connectivity index (χ1n) is 10.9. The van der Waals surface area contributed by atoms with E-state index in [0.717, 1.165) is 42.5 Å².